The zero-order valence-corrected chi connectivity index (χ0v) is 12.0. The number of nitrogens with zero attached hydrogens (tertiary/aromatic N) is 1. The summed E-state index contributed by atoms with van der Waals surface area (Å²) in [6.45, 7) is 2.60. The molecule has 0 aliphatic heterocycles. The summed E-state index contributed by atoms with van der Waals surface area (Å²) < 4.78 is 0. The van der Waals surface area contributed by atoms with E-state index in [0.29, 0.717) is 6.54 Å². The maximum absolute atomic E-state index is 12.4. The summed E-state index contributed by atoms with van der Waals surface area (Å²) in [4.78, 5) is 14.9. The Morgan fingerprint density at radius 1 is 1.26 bits per heavy atom. The topological polar surface area (TPSA) is 46.3 Å². The monoisotopic (exact) mass is 274 g/mol. The molecule has 1 aromatic heterocycles. The molecule has 0 aliphatic rings. The molecule has 2 rings (SSSR count). The van der Waals surface area contributed by atoms with Crippen molar-refractivity contribution in [2.75, 3.05) is 12.8 Å². The number of aryl methyl sites for hydroxylation is 1. The van der Waals surface area contributed by atoms with Gasteiger partial charge < -0.3 is 10.6 Å². The van der Waals surface area contributed by atoms with Gasteiger partial charge >= 0.3 is 0 Å². The molecule has 0 aliphatic carbocycles. The predicted molar refractivity (Wildman–Crippen MR) is 80.3 cm³/mol. The summed E-state index contributed by atoms with van der Waals surface area (Å²) in [5.41, 5.74) is 8.73. The third-order valence-corrected chi connectivity index (χ3v) is 4.08. The molecule has 0 saturated carbocycles. The van der Waals surface area contributed by atoms with E-state index in [9.17, 15) is 4.79 Å². The van der Waals surface area contributed by atoms with E-state index in [2.05, 4.69) is 6.92 Å². The molecular weight excluding hydrogens is 256 g/mol. The Kier molecular flexibility index (Phi) is 4.22. The van der Waals surface area contributed by atoms with Crippen LogP contribution < -0.4 is 5.73 Å². The van der Waals surface area contributed by atoms with Gasteiger partial charge in [0.25, 0.3) is 5.91 Å². The SMILES string of the molecule is CCc1ccsc1C(=O)N(C)Cc1ccccc1N. The largest absolute Gasteiger partial charge is 0.398 e. The van der Waals surface area contributed by atoms with Crippen molar-refractivity contribution in [2.24, 2.45) is 0 Å². The molecule has 0 fully saturated rings. The number of benzene rings is 1. The van der Waals surface area contributed by atoms with Crippen LogP contribution in [-0.4, -0.2) is 17.9 Å². The number of nitrogen functional groups attached to an aromatic ring is 1. The minimum Gasteiger partial charge on any atom is -0.398 e. The van der Waals surface area contributed by atoms with Crippen molar-refractivity contribution in [3.63, 3.8) is 0 Å². The van der Waals surface area contributed by atoms with Crippen LogP contribution >= 0.6 is 11.3 Å². The first kappa shape index (κ1) is 13.6. The summed E-state index contributed by atoms with van der Waals surface area (Å²) in [6, 6.07) is 9.66. The van der Waals surface area contributed by atoms with Crippen LogP contribution in [0, 0.1) is 0 Å². The standard InChI is InChI=1S/C15H18N2OS/c1-3-11-8-9-19-14(11)15(18)17(2)10-12-6-4-5-7-13(12)16/h4-9H,3,10,16H2,1-2H3. The molecule has 1 heterocycles. The maximum atomic E-state index is 12.4. The molecule has 2 N–H and O–H groups in total. The number of hydrogen-bond acceptors (Lipinski definition) is 3. The molecule has 1 amide bonds. The first-order chi connectivity index (χ1) is 9.13. The van der Waals surface area contributed by atoms with E-state index in [-0.39, 0.29) is 5.91 Å². The van der Waals surface area contributed by atoms with Crippen LogP contribution in [0.5, 0.6) is 0 Å². The summed E-state index contributed by atoms with van der Waals surface area (Å²) >= 11 is 1.50. The van der Waals surface area contributed by atoms with E-state index in [1.54, 1.807) is 4.90 Å². The van der Waals surface area contributed by atoms with E-state index in [1.807, 2.05) is 42.8 Å². The van der Waals surface area contributed by atoms with Gasteiger partial charge in [0, 0.05) is 19.3 Å². The number of carbonyl (C=O) groups is 1. The molecule has 2 aromatic rings. The van der Waals surface area contributed by atoms with Crippen LogP contribution in [0.4, 0.5) is 5.69 Å². The van der Waals surface area contributed by atoms with Gasteiger partial charge in [-0.2, -0.15) is 0 Å². The second kappa shape index (κ2) is 5.89. The number of hydrogen-bond donors (Lipinski definition) is 1. The molecule has 0 radical (unpaired) electrons. The van der Waals surface area contributed by atoms with Crippen molar-refractivity contribution in [2.45, 2.75) is 19.9 Å². The smallest absolute Gasteiger partial charge is 0.264 e. The Morgan fingerprint density at radius 3 is 2.68 bits per heavy atom. The number of para-hydroxylation sites is 1. The number of amides is 1. The molecule has 1 aromatic carbocycles. The summed E-state index contributed by atoms with van der Waals surface area (Å²) in [6.07, 6.45) is 0.881. The van der Waals surface area contributed by atoms with Gasteiger partial charge in [-0.25, -0.2) is 0 Å². The van der Waals surface area contributed by atoms with Crippen molar-refractivity contribution >= 4 is 22.9 Å². The Bertz CT molecular complexity index is 577. The Labute approximate surface area is 117 Å². The fourth-order valence-electron chi connectivity index (χ4n) is 1.98. The molecule has 0 spiro atoms. The second-order valence-electron chi connectivity index (χ2n) is 4.49. The summed E-state index contributed by atoms with van der Waals surface area (Å²) in [5.74, 6) is 0.0649. The highest BCUT2D eigenvalue weighted by atomic mass is 32.1. The van der Waals surface area contributed by atoms with Crippen LogP contribution in [0.2, 0.25) is 0 Å². The van der Waals surface area contributed by atoms with Gasteiger partial charge in [0.1, 0.15) is 0 Å². The average Bonchev–Trinajstić information content (AvgIpc) is 2.88. The molecule has 0 saturated heterocycles. The van der Waals surface area contributed by atoms with Gasteiger partial charge in [0.2, 0.25) is 0 Å². The minimum absolute atomic E-state index is 0.0649. The zero-order chi connectivity index (χ0) is 13.8. The van der Waals surface area contributed by atoms with Crippen LogP contribution in [-0.2, 0) is 13.0 Å². The lowest BCUT2D eigenvalue weighted by Crippen LogP contribution is -2.26. The van der Waals surface area contributed by atoms with Crippen LogP contribution in [0.25, 0.3) is 0 Å². The Hall–Kier alpha value is -1.81. The highest BCUT2D eigenvalue weighted by molar-refractivity contribution is 7.12. The van der Waals surface area contributed by atoms with E-state index < -0.39 is 0 Å². The quantitative estimate of drug-likeness (QED) is 0.870. The average molecular weight is 274 g/mol. The number of rotatable bonds is 4. The predicted octanol–water partition coefficient (Wildman–Crippen LogP) is 3.16. The summed E-state index contributed by atoms with van der Waals surface area (Å²) in [7, 11) is 1.81. The van der Waals surface area contributed by atoms with E-state index in [4.69, 9.17) is 5.73 Å². The molecule has 19 heavy (non-hydrogen) atoms. The number of anilines is 1. The molecule has 4 heteroatoms. The van der Waals surface area contributed by atoms with Crippen molar-refractivity contribution in [1.29, 1.82) is 0 Å². The first-order valence-electron chi connectivity index (χ1n) is 6.28. The Morgan fingerprint density at radius 2 is 2.00 bits per heavy atom. The third-order valence-electron chi connectivity index (χ3n) is 3.13. The Balaban J connectivity index is 2.14. The normalized spacial score (nSPS) is 10.4. The van der Waals surface area contributed by atoms with Crippen molar-refractivity contribution in [1.82, 2.24) is 4.90 Å². The zero-order valence-electron chi connectivity index (χ0n) is 11.2. The molecule has 3 nitrogen and oxygen atoms in total. The minimum atomic E-state index is 0.0649. The lowest BCUT2D eigenvalue weighted by molar-refractivity contribution is 0.0789. The molecule has 100 valence electrons. The van der Waals surface area contributed by atoms with E-state index >= 15 is 0 Å². The van der Waals surface area contributed by atoms with E-state index in [1.165, 1.54) is 11.3 Å². The second-order valence-corrected chi connectivity index (χ2v) is 5.40. The first-order valence-corrected chi connectivity index (χ1v) is 7.16. The van der Waals surface area contributed by atoms with E-state index in [0.717, 1.165) is 28.1 Å². The molecule has 0 bridgehead atoms. The molecule has 0 atom stereocenters. The lowest BCUT2D eigenvalue weighted by atomic mass is 10.1. The molecular formula is C15H18N2OS. The fraction of sp³-hybridized carbons (Fsp3) is 0.267. The third kappa shape index (κ3) is 2.96. The highest BCUT2D eigenvalue weighted by Gasteiger charge is 2.17. The van der Waals surface area contributed by atoms with Crippen LogP contribution in [0.15, 0.2) is 35.7 Å². The van der Waals surface area contributed by atoms with Gasteiger partial charge in [0.15, 0.2) is 0 Å². The number of thiophene rings is 1. The molecule has 0 unspecified atom stereocenters. The maximum Gasteiger partial charge on any atom is 0.264 e. The number of carbonyl (C=O) groups excluding carboxylic acids is 1. The van der Waals surface area contributed by atoms with Crippen molar-refractivity contribution in [3.8, 4) is 0 Å². The summed E-state index contributed by atoms with van der Waals surface area (Å²) in [5, 5.41) is 1.97. The van der Waals surface area contributed by atoms with Gasteiger partial charge in [-0.15, -0.1) is 11.3 Å². The van der Waals surface area contributed by atoms with Gasteiger partial charge in [0.05, 0.1) is 4.88 Å². The number of nitrogens with two attached hydrogens (primary N) is 1. The van der Waals surface area contributed by atoms with Gasteiger partial charge in [-0.1, -0.05) is 25.1 Å². The van der Waals surface area contributed by atoms with Crippen LogP contribution in [0.3, 0.4) is 0 Å². The lowest BCUT2D eigenvalue weighted by Gasteiger charge is -2.18. The van der Waals surface area contributed by atoms with Gasteiger partial charge in [-0.3, -0.25) is 4.79 Å². The fourth-order valence-corrected chi connectivity index (χ4v) is 2.97. The van der Waals surface area contributed by atoms with Crippen LogP contribution in [0.1, 0.15) is 27.7 Å². The van der Waals surface area contributed by atoms with Crippen molar-refractivity contribution < 1.29 is 4.79 Å². The highest BCUT2D eigenvalue weighted by Crippen LogP contribution is 2.21. The van der Waals surface area contributed by atoms with Crippen molar-refractivity contribution in [3.05, 3.63) is 51.7 Å². The van der Waals surface area contributed by atoms with Gasteiger partial charge in [-0.05, 0) is 35.1 Å².